The van der Waals surface area contributed by atoms with Crippen molar-refractivity contribution >= 4 is 39.5 Å². The molecular formula is C75H146O17P2. The fraction of sp³-hybridized carbons (Fsp3) is 0.947. The zero-order chi connectivity index (χ0) is 69.6. The Hall–Kier alpha value is -1.94. The Labute approximate surface area is 575 Å². The molecule has 0 heterocycles. The van der Waals surface area contributed by atoms with Crippen LogP contribution in [0.15, 0.2) is 0 Å². The average Bonchev–Trinajstić information content (AvgIpc) is 3.67. The number of phosphoric ester groups is 2. The molecule has 94 heavy (non-hydrogen) atoms. The summed E-state index contributed by atoms with van der Waals surface area (Å²) in [6, 6.07) is 0. The van der Waals surface area contributed by atoms with E-state index in [4.69, 9.17) is 37.0 Å². The van der Waals surface area contributed by atoms with E-state index in [9.17, 15) is 43.2 Å². The minimum atomic E-state index is -4.96. The summed E-state index contributed by atoms with van der Waals surface area (Å²) in [6.07, 6.45) is 48.9. The lowest BCUT2D eigenvalue weighted by atomic mass is 10.0. The third kappa shape index (κ3) is 68.6. The van der Waals surface area contributed by atoms with Gasteiger partial charge in [-0.3, -0.25) is 37.3 Å². The molecule has 0 bridgehead atoms. The number of carbonyl (C=O) groups excluding carboxylic acids is 4. The van der Waals surface area contributed by atoms with Gasteiger partial charge < -0.3 is 33.8 Å². The number of rotatable bonds is 72. The number of hydrogen-bond acceptors (Lipinski definition) is 15. The Morgan fingerprint density at radius 1 is 0.266 bits per heavy atom. The van der Waals surface area contributed by atoms with Crippen LogP contribution in [-0.4, -0.2) is 96.7 Å². The summed E-state index contributed by atoms with van der Waals surface area (Å²) in [7, 11) is -9.91. The molecule has 0 aliphatic heterocycles. The summed E-state index contributed by atoms with van der Waals surface area (Å²) in [6.45, 7) is 14.1. The second-order valence-electron chi connectivity index (χ2n) is 28.9. The van der Waals surface area contributed by atoms with Crippen LogP contribution >= 0.6 is 15.6 Å². The van der Waals surface area contributed by atoms with E-state index < -0.39 is 97.5 Å². The van der Waals surface area contributed by atoms with E-state index in [1.165, 1.54) is 167 Å². The van der Waals surface area contributed by atoms with Crippen molar-refractivity contribution in [2.24, 2.45) is 23.7 Å². The Kier molecular flexibility index (Phi) is 63.1. The van der Waals surface area contributed by atoms with Gasteiger partial charge in [0.2, 0.25) is 0 Å². The van der Waals surface area contributed by atoms with Gasteiger partial charge in [-0.05, 0) is 49.4 Å². The van der Waals surface area contributed by atoms with Crippen LogP contribution in [0.3, 0.4) is 0 Å². The minimum absolute atomic E-state index is 0.106. The van der Waals surface area contributed by atoms with Crippen molar-refractivity contribution in [3.8, 4) is 0 Å². The lowest BCUT2D eigenvalue weighted by molar-refractivity contribution is -0.161. The van der Waals surface area contributed by atoms with Crippen LogP contribution in [0, 0.1) is 23.7 Å². The molecule has 0 aliphatic carbocycles. The van der Waals surface area contributed by atoms with Crippen molar-refractivity contribution in [3.05, 3.63) is 0 Å². The molecule has 0 radical (unpaired) electrons. The number of aliphatic hydroxyl groups excluding tert-OH is 1. The van der Waals surface area contributed by atoms with Crippen LogP contribution in [0.2, 0.25) is 0 Å². The van der Waals surface area contributed by atoms with Gasteiger partial charge in [0, 0.05) is 25.7 Å². The molecule has 0 aromatic heterocycles. The highest BCUT2D eigenvalue weighted by atomic mass is 31.2. The predicted molar refractivity (Wildman–Crippen MR) is 381 cm³/mol. The molecule has 0 saturated heterocycles. The van der Waals surface area contributed by atoms with Gasteiger partial charge in [-0.15, -0.1) is 0 Å². The van der Waals surface area contributed by atoms with Crippen LogP contribution in [0.1, 0.15) is 376 Å². The molecule has 0 rings (SSSR count). The van der Waals surface area contributed by atoms with Crippen LogP contribution < -0.4 is 0 Å². The Balaban J connectivity index is 5.19. The van der Waals surface area contributed by atoms with E-state index in [1.54, 1.807) is 0 Å². The smallest absolute Gasteiger partial charge is 0.462 e. The molecule has 3 N–H and O–H groups in total. The highest BCUT2D eigenvalue weighted by molar-refractivity contribution is 7.47. The van der Waals surface area contributed by atoms with Crippen LogP contribution in [0.25, 0.3) is 0 Å². The first kappa shape index (κ1) is 92.1. The normalized spacial score (nSPS) is 14.2. The van der Waals surface area contributed by atoms with Crippen molar-refractivity contribution in [3.63, 3.8) is 0 Å². The number of ether oxygens (including phenoxy) is 4. The van der Waals surface area contributed by atoms with E-state index in [-0.39, 0.29) is 25.7 Å². The van der Waals surface area contributed by atoms with Crippen LogP contribution in [-0.2, 0) is 65.4 Å². The third-order valence-corrected chi connectivity index (χ3v) is 19.2. The molecule has 0 amide bonds. The molecule has 19 heteroatoms. The molecule has 558 valence electrons. The molecular weight excluding hydrogens is 1230 g/mol. The van der Waals surface area contributed by atoms with Crippen molar-refractivity contribution < 1.29 is 80.2 Å². The Morgan fingerprint density at radius 3 is 0.660 bits per heavy atom. The molecule has 5 atom stereocenters. The first-order valence-corrected chi connectivity index (χ1v) is 41.7. The third-order valence-electron chi connectivity index (χ3n) is 17.3. The second kappa shape index (κ2) is 64.4. The fourth-order valence-electron chi connectivity index (χ4n) is 11.4. The van der Waals surface area contributed by atoms with Gasteiger partial charge in [0.25, 0.3) is 0 Å². The highest BCUT2D eigenvalue weighted by Crippen LogP contribution is 2.45. The van der Waals surface area contributed by atoms with E-state index in [1.807, 2.05) is 0 Å². The monoisotopic (exact) mass is 1380 g/mol. The van der Waals surface area contributed by atoms with Crippen molar-refractivity contribution in [1.82, 2.24) is 0 Å². The molecule has 2 unspecified atom stereocenters. The molecule has 0 aromatic rings. The average molecular weight is 1380 g/mol. The largest absolute Gasteiger partial charge is 0.472 e. The van der Waals surface area contributed by atoms with Crippen molar-refractivity contribution in [2.75, 3.05) is 39.6 Å². The summed E-state index contributed by atoms with van der Waals surface area (Å²) in [5.74, 6) is 0.855. The van der Waals surface area contributed by atoms with Gasteiger partial charge in [0.05, 0.1) is 26.4 Å². The Morgan fingerprint density at radius 2 is 0.447 bits per heavy atom. The number of hydrogen-bond donors (Lipinski definition) is 3. The second-order valence-corrected chi connectivity index (χ2v) is 31.9. The minimum Gasteiger partial charge on any atom is -0.462 e. The lowest BCUT2D eigenvalue weighted by Gasteiger charge is -2.21. The first-order chi connectivity index (χ1) is 45.1. The van der Waals surface area contributed by atoms with E-state index >= 15 is 0 Å². The standard InChI is InChI=1S/C75H146O17P2/c1-65(2)51-43-35-27-22-18-14-11-9-10-12-16-20-24-30-41-49-57-74(79)91-70(61-85-72(77)55-47-39-32-26-29-37-45-53-67(5)6)63-89-93(81,82)87-59-69(76)60-88-94(83,84)90-64-71(62-86-73(78)56-48-40-34-33-38-46-54-68(7)8)92-75(80)58-50-42-31-25-21-17-13-15-19-23-28-36-44-52-66(3)4/h65-71,76H,9-64H2,1-8H3,(H,81,82)(H,83,84)/t69-,70-,71-/m1/s1. The number of carbonyl (C=O) groups is 4. The topological polar surface area (TPSA) is 237 Å². The predicted octanol–water partition coefficient (Wildman–Crippen LogP) is 21.7. The van der Waals surface area contributed by atoms with Gasteiger partial charge >= 0.3 is 39.5 Å². The molecule has 0 spiro atoms. The van der Waals surface area contributed by atoms with Crippen LogP contribution in [0.4, 0.5) is 0 Å². The van der Waals surface area contributed by atoms with E-state index in [2.05, 4.69) is 55.4 Å². The fourth-order valence-corrected chi connectivity index (χ4v) is 13.0. The maximum Gasteiger partial charge on any atom is 0.472 e. The zero-order valence-electron chi connectivity index (χ0n) is 61.6. The summed E-state index contributed by atoms with van der Waals surface area (Å²) in [5, 5.41) is 10.6. The van der Waals surface area contributed by atoms with Gasteiger partial charge in [-0.1, -0.05) is 325 Å². The lowest BCUT2D eigenvalue weighted by Crippen LogP contribution is -2.30. The maximum atomic E-state index is 13.1. The van der Waals surface area contributed by atoms with Gasteiger partial charge in [-0.2, -0.15) is 0 Å². The summed E-state index contributed by atoms with van der Waals surface area (Å²) < 4.78 is 68.4. The SMILES string of the molecule is CC(C)CCCCCCCCCCCCCCCCCCC(=O)O[C@H](COC(=O)CCCCCCCCCC(C)C)COP(=O)(O)OC[C@@H](O)COP(=O)(O)OC[C@@H](COC(=O)CCCCCCCCC(C)C)OC(=O)CCCCCCCCCCCCCCCC(C)C. The molecule has 0 fully saturated rings. The number of esters is 4. The Bertz CT molecular complexity index is 1850. The van der Waals surface area contributed by atoms with Crippen molar-refractivity contribution in [2.45, 2.75) is 395 Å². The molecule has 17 nitrogen and oxygen atoms in total. The first-order valence-electron chi connectivity index (χ1n) is 38.7. The zero-order valence-corrected chi connectivity index (χ0v) is 63.4. The van der Waals surface area contributed by atoms with E-state index in [0.29, 0.717) is 37.5 Å². The number of unbranched alkanes of at least 4 members (excludes halogenated alkanes) is 38. The molecule has 0 saturated carbocycles. The summed E-state index contributed by atoms with van der Waals surface area (Å²) >= 11 is 0. The van der Waals surface area contributed by atoms with Gasteiger partial charge in [0.1, 0.15) is 19.3 Å². The molecule has 0 aliphatic rings. The van der Waals surface area contributed by atoms with Crippen molar-refractivity contribution in [1.29, 1.82) is 0 Å². The summed E-state index contributed by atoms with van der Waals surface area (Å²) in [4.78, 5) is 72.7. The number of phosphoric acid groups is 2. The quantitative estimate of drug-likeness (QED) is 0.0222. The number of aliphatic hydroxyl groups is 1. The van der Waals surface area contributed by atoms with Gasteiger partial charge in [0.15, 0.2) is 12.2 Å². The van der Waals surface area contributed by atoms with Crippen LogP contribution in [0.5, 0.6) is 0 Å². The molecule has 0 aromatic carbocycles. The maximum absolute atomic E-state index is 13.1. The highest BCUT2D eigenvalue weighted by Gasteiger charge is 2.30. The van der Waals surface area contributed by atoms with E-state index in [0.717, 1.165) is 115 Å². The van der Waals surface area contributed by atoms with Gasteiger partial charge in [-0.25, -0.2) is 9.13 Å². The summed E-state index contributed by atoms with van der Waals surface area (Å²) in [5.41, 5.74) is 0.